The van der Waals surface area contributed by atoms with E-state index in [-0.39, 0.29) is 35.3 Å². The molecule has 0 atom stereocenters. The number of aryl methyl sites for hydroxylation is 2. The van der Waals surface area contributed by atoms with E-state index in [0.717, 1.165) is 18.6 Å². The van der Waals surface area contributed by atoms with E-state index < -0.39 is 10.8 Å². The molecule has 0 saturated carbocycles. The lowest BCUT2D eigenvalue weighted by molar-refractivity contribution is -0.383. The van der Waals surface area contributed by atoms with Crippen molar-refractivity contribution in [3.63, 3.8) is 0 Å². The number of aromatic nitrogens is 2. The highest BCUT2D eigenvalue weighted by atomic mass is 32.1. The fourth-order valence-corrected chi connectivity index (χ4v) is 3.72. The first-order chi connectivity index (χ1) is 15.0. The minimum absolute atomic E-state index is 0.0155. The zero-order chi connectivity index (χ0) is 21.8. The molecule has 3 aromatic rings. The van der Waals surface area contributed by atoms with Crippen LogP contribution in [0.25, 0.3) is 0 Å². The number of rotatable bonds is 7. The third-order valence-corrected chi connectivity index (χ3v) is 5.29. The molecule has 1 N–H and O–H groups in total. The molecule has 0 saturated heterocycles. The van der Waals surface area contributed by atoms with Crippen molar-refractivity contribution in [2.24, 2.45) is 0 Å². The largest absolute Gasteiger partial charge is 0.484 e. The van der Waals surface area contributed by atoms with E-state index in [1.165, 1.54) is 46.8 Å². The van der Waals surface area contributed by atoms with Crippen molar-refractivity contribution in [1.82, 2.24) is 9.78 Å². The van der Waals surface area contributed by atoms with Gasteiger partial charge in [-0.2, -0.15) is 0 Å². The summed E-state index contributed by atoms with van der Waals surface area (Å²) in [4.78, 5) is 22.9. The lowest BCUT2D eigenvalue weighted by atomic mass is 9.92. The number of nitrogens with zero attached hydrogens (tertiary/aromatic N) is 3. The van der Waals surface area contributed by atoms with Crippen molar-refractivity contribution < 1.29 is 18.9 Å². The molecule has 1 aliphatic rings. The lowest BCUT2D eigenvalue weighted by Crippen LogP contribution is -2.20. The first kappa shape index (κ1) is 20.7. The Hall–Kier alpha value is -3.53. The summed E-state index contributed by atoms with van der Waals surface area (Å²) >= 11 is 5.12. The number of hydrogen-bond acceptors (Lipinski definition) is 7. The van der Waals surface area contributed by atoms with Crippen LogP contribution in [0.15, 0.2) is 46.9 Å². The van der Waals surface area contributed by atoms with Crippen LogP contribution in [0.1, 0.15) is 29.9 Å². The number of nitro benzene ring substituents is 1. The third-order valence-electron chi connectivity index (χ3n) is 5.00. The molecule has 0 radical (unpaired) electrons. The van der Waals surface area contributed by atoms with Gasteiger partial charge in [-0.05, 0) is 67.2 Å². The molecule has 1 heterocycles. The molecule has 1 aliphatic carbocycles. The predicted octanol–water partition coefficient (Wildman–Crippen LogP) is 4.21. The summed E-state index contributed by atoms with van der Waals surface area (Å²) < 4.78 is 12.4. The average molecular weight is 440 g/mol. The first-order valence-electron chi connectivity index (χ1n) is 9.84. The number of fused-ring (bicyclic) bond motifs is 1. The highest BCUT2D eigenvalue weighted by Gasteiger charge is 2.17. The summed E-state index contributed by atoms with van der Waals surface area (Å²) in [6.45, 7) is -0.172. The first-order valence-corrected chi connectivity index (χ1v) is 10.2. The Morgan fingerprint density at radius 3 is 2.81 bits per heavy atom. The highest BCUT2D eigenvalue weighted by molar-refractivity contribution is 7.71. The molecular formula is C21H20N4O5S. The molecule has 9 nitrogen and oxygen atoms in total. The number of para-hydroxylation sites is 2. The zero-order valence-electron chi connectivity index (χ0n) is 16.6. The molecule has 1 aromatic heterocycles. The van der Waals surface area contributed by atoms with Crippen LogP contribution in [0, 0.1) is 15.0 Å². The van der Waals surface area contributed by atoms with E-state index in [1.54, 1.807) is 6.07 Å². The Bertz CT molecular complexity index is 1190. The van der Waals surface area contributed by atoms with Crippen LogP contribution in [-0.4, -0.2) is 20.6 Å². The fraction of sp³-hybridized carbons (Fsp3) is 0.286. The van der Waals surface area contributed by atoms with Gasteiger partial charge < -0.3 is 14.5 Å². The highest BCUT2D eigenvalue weighted by Crippen LogP contribution is 2.26. The van der Waals surface area contributed by atoms with Crippen LogP contribution < -0.4 is 10.1 Å². The minimum atomic E-state index is -0.562. The maximum Gasteiger partial charge on any atom is 0.292 e. The number of anilines is 1. The van der Waals surface area contributed by atoms with Crippen molar-refractivity contribution in [2.75, 3.05) is 5.32 Å². The summed E-state index contributed by atoms with van der Waals surface area (Å²) in [6, 6.07) is 11.9. The summed E-state index contributed by atoms with van der Waals surface area (Å²) in [5, 5.41) is 17.8. The SMILES string of the molecule is O=C(Cn1nc(COc2ccc3c(c2)CCCC3)oc1=S)Nc1ccccc1[N+](=O)[O-]. The van der Waals surface area contributed by atoms with Crippen molar-refractivity contribution in [3.05, 3.63) is 74.4 Å². The normalized spacial score (nSPS) is 12.8. The number of nitro groups is 1. The molecule has 31 heavy (non-hydrogen) atoms. The van der Waals surface area contributed by atoms with Gasteiger partial charge >= 0.3 is 0 Å². The van der Waals surface area contributed by atoms with E-state index in [9.17, 15) is 14.9 Å². The zero-order valence-corrected chi connectivity index (χ0v) is 17.4. The summed E-state index contributed by atoms with van der Waals surface area (Å²) in [5.74, 6) is 0.451. The Morgan fingerprint density at radius 1 is 1.23 bits per heavy atom. The van der Waals surface area contributed by atoms with Crippen molar-refractivity contribution in [2.45, 2.75) is 38.8 Å². The van der Waals surface area contributed by atoms with Crippen molar-refractivity contribution in [1.29, 1.82) is 0 Å². The Labute approximate surface area is 182 Å². The van der Waals surface area contributed by atoms with Crippen LogP contribution in [0.2, 0.25) is 0 Å². The van der Waals surface area contributed by atoms with E-state index in [2.05, 4.69) is 16.5 Å². The van der Waals surface area contributed by atoms with Gasteiger partial charge in [0.05, 0.1) is 4.92 Å². The Kier molecular flexibility index (Phi) is 6.08. The van der Waals surface area contributed by atoms with Gasteiger partial charge in [0.25, 0.3) is 16.4 Å². The van der Waals surface area contributed by atoms with Crippen LogP contribution in [0.3, 0.4) is 0 Å². The molecule has 2 aromatic carbocycles. The second-order valence-electron chi connectivity index (χ2n) is 7.17. The van der Waals surface area contributed by atoms with Gasteiger partial charge in [0.2, 0.25) is 5.91 Å². The topological polar surface area (TPSA) is 112 Å². The molecule has 10 heteroatoms. The van der Waals surface area contributed by atoms with Gasteiger partial charge in [0.1, 0.15) is 18.0 Å². The van der Waals surface area contributed by atoms with Gasteiger partial charge in [0, 0.05) is 6.07 Å². The summed E-state index contributed by atoms with van der Waals surface area (Å²) in [6.07, 6.45) is 4.55. The number of hydrogen-bond donors (Lipinski definition) is 1. The quantitative estimate of drug-likeness (QED) is 0.333. The van der Waals surface area contributed by atoms with Crippen LogP contribution >= 0.6 is 12.2 Å². The van der Waals surface area contributed by atoms with Crippen LogP contribution in [0.4, 0.5) is 11.4 Å². The molecule has 4 rings (SSSR count). The molecule has 0 spiro atoms. The van der Waals surface area contributed by atoms with Gasteiger partial charge in [-0.3, -0.25) is 14.9 Å². The number of ether oxygens (including phenoxy) is 1. The monoisotopic (exact) mass is 440 g/mol. The molecule has 160 valence electrons. The standard InChI is InChI=1S/C21H20N4O5S/c26-19(22-17-7-3-4-8-18(17)25(27)28)12-24-21(31)30-20(23-24)13-29-16-10-9-14-5-1-2-6-15(14)11-16/h3-4,7-11H,1-2,5-6,12-13H2,(H,22,26). The maximum absolute atomic E-state index is 12.3. The maximum atomic E-state index is 12.3. The van der Waals surface area contributed by atoms with Gasteiger partial charge in [-0.25, -0.2) is 4.68 Å². The van der Waals surface area contributed by atoms with Crippen molar-refractivity contribution in [3.8, 4) is 5.75 Å². The smallest absolute Gasteiger partial charge is 0.292 e. The number of amides is 1. The van der Waals surface area contributed by atoms with E-state index >= 15 is 0 Å². The molecule has 0 aliphatic heterocycles. The Balaban J connectivity index is 1.38. The van der Waals surface area contributed by atoms with Crippen molar-refractivity contribution >= 4 is 29.5 Å². The predicted molar refractivity (Wildman–Crippen MR) is 114 cm³/mol. The lowest BCUT2D eigenvalue weighted by Gasteiger charge is -2.16. The molecule has 0 bridgehead atoms. The Morgan fingerprint density at radius 2 is 2.00 bits per heavy atom. The third kappa shape index (κ3) is 4.97. The van der Waals surface area contributed by atoms with E-state index in [0.29, 0.717) is 0 Å². The van der Waals surface area contributed by atoms with Gasteiger partial charge in [-0.15, -0.1) is 5.10 Å². The number of carbonyl (C=O) groups is 1. The van der Waals surface area contributed by atoms with Gasteiger partial charge in [0.15, 0.2) is 6.61 Å². The molecule has 0 fully saturated rings. The second kappa shape index (κ2) is 9.09. The number of nitrogens with one attached hydrogen (secondary N) is 1. The molecule has 1 amide bonds. The molecular weight excluding hydrogens is 420 g/mol. The van der Waals surface area contributed by atoms with Crippen LogP contribution in [0.5, 0.6) is 5.75 Å². The average Bonchev–Trinajstić information content (AvgIpc) is 3.11. The summed E-state index contributed by atoms with van der Waals surface area (Å²) in [7, 11) is 0. The second-order valence-corrected chi connectivity index (χ2v) is 7.52. The van der Waals surface area contributed by atoms with Gasteiger partial charge in [-0.1, -0.05) is 18.2 Å². The van der Waals surface area contributed by atoms with Crippen LogP contribution in [-0.2, 0) is 30.8 Å². The fourth-order valence-electron chi connectivity index (χ4n) is 3.52. The molecule has 0 unspecified atom stereocenters. The van der Waals surface area contributed by atoms with E-state index in [4.69, 9.17) is 21.4 Å². The number of carbonyl (C=O) groups excluding carboxylic acids is 1. The van der Waals surface area contributed by atoms with E-state index in [1.807, 2.05) is 12.1 Å². The summed E-state index contributed by atoms with van der Waals surface area (Å²) in [5.41, 5.74) is 2.58. The number of benzene rings is 2. The minimum Gasteiger partial charge on any atom is -0.484 e.